The zero-order chi connectivity index (χ0) is 17.8. The minimum atomic E-state index is -0.573. The number of aromatic nitrogens is 2. The van der Waals surface area contributed by atoms with Gasteiger partial charge in [-0.3, -0.25) is 19.6 Å². The van der Waals surface area contributed by atoms with Gasteiger partial charge in [0.05, 0.1) is 23.4 Å². The molecule has 126 valence electrons. The molecular weight excluding hydrogens is 320 g/mol. The largest absolute Gasteiger partial charge is 0.319 e. The topological polar surface area (TPSA) is 90.1 Å². The Morgan fingerprint density at radius 2 is 2.04 bits per heavy atom. The third kappa shape index (κ3) is 3.89. The van der Waals surface area contributed by atoms with E-state index in [2.05, 4.69) is 16.5 Å². The molecule has 0 fully saturated rings. The van der Waals surface area contributed by atoms with Gasteiger partial charge >= 0.3 is 0 Å². The number of nitro benzene ring substituents is 1. The summed E-state index contributed by atoms with van der Waals surface area (Å²) in [5.41, 5.74) is 2.52. The van der Waals surface area contributed by atoms with Crippen molar-refractivity contribution in [1.29, 1.82) is 0 Å². The standard InChI is InChI=1S/C18H16N4O3/c1-13-5-4-6-14(9-13)11-21-12-15(10-19-21)20-18(23)16-7-2-3-8-17(16)22(24)25/h2-10,12H,11H2,1H3,(H,20,23). The van der Waals surface area contributed by atoms with Crippen molar-refractivity contribution < 1.29 is 9.72 Å². The number of rotatable bonds is 5. The molecule has 0 saturated heterocycles. The van der Waals surface area contributed by atoms with E-state index < -0.39 is 10.8 Å². The molecule has 25 heavy (non-hydrogen) atoms. The van der Waals surface area contributed by atoms with E-state index in [-0.39, 0.29) is 11.3 Å². The highest BCUT2D eigenvalue weighted by Gasteiger charge is 2.19. The second kappa shape index (κ2) is 6.96. The lowest BCUT2D eigenvalue weighted by atomic mass is 10.1. The molecule has 1 aromatic heterocycles. The predicted octanol–water partition coefficient (Wildman–Crippen LogP) is 3.40. The minimum Gasteiger partial charge on any atom is -0.319 e. The number of nitrogens with one attached hydrogen (secondary N) is 1. The van der Waals surface area contributed by atoms with Crippen LogP contribution in [0.3, 0.4) is 0 Å². The molecule has 3 rings (SSSR count). The van der Waals surface area contributed by atoms with Gasteiger partial charge in [-0.25, -0.2) is 0 Å². The number of aryl methyl sites for hydroxylation is 1. The van der Waals surface area contributed by atoms with Crippen LogP contribution in [0.4, 0.5) is 11.4 Å². The van der Waals surface area contributed by atoms with Gasteiger partial charge in [0.15, 0.2) is 0 Å². The van der Waals surface area contributed by atoms with Crippen LogP contribution in [0.1, 0.15) is 21.5 Å². The molecule has 0 aliphatic heterocycles. The maximum atomic E-state index is 12.3. The van der Waals surface area contributed by atoms with Gasteiger partial charge in [-0.05, 0) is 18.6 Å². The van der Waals surface area contributed by atoms with Gasteiger partial charge in [0, 0.05) is 12.3 Å². The molecule has 1 heterocycles. The number of carbonyl (C=O) groups excluding carboxylic acids is 1. The number of benzene rings is 2. The lowest BCUT2D eigenvalue weighted by Gasteiger charge is -2.04. The number of para-hydroxylation sites is 1. The van der Waals surface area contributed by atoms with Gasteiger partial charge in [-0.2, -0.15) is 5.10 Å². The molecule has 2 aromatic carbocycles. The summed E-state index contributed by atoms with van der Waals surface area (Å²) in [6.45, 7) is 2.59. The second-order valence-electron chi connectivity index (χ2n) is 5.64. The van der Waals surface area contributed by atoms with Crippen LogP contribution in [0.15, 0.2) is 60.9 Å². The molecule has 0 aliphatic carbocycles. The number of hydrogen-bond acceptors (Lipinski definition) is 4. The first-order valence-electron chi connectivity index (χ1n) is 7.66. The molecule has 0 saturated carbocycles. The predicted molar refractivity (Wildman–Crippen MR) is 93.6 cm³/mol. The molecule has 0 aliphatic rings. The summed E-state index contributed by atoms with van der Waals surface area (Å²) in [5.74, 6) is -0.539. The number of amides is 1. The van der Waals surface area contributed by atoms with Gasteiger partial charge in [-0.1, -0.05) is 42.0 Å². The Kier molecular flexibility index (Phi) is 4.56. The van der Waals surface area contributed by atoms with Crippen LogP contribution >= 0.6 is 0 Å². The fraction of sp³-hybridized carbons (Fsp3) is 0.111. The van der Waals surface area contributed by atoms with Crippen LogP contribution < -0.4 is 5.32 Å². The third-order valence-electron chi connectivity index (χ3n) is 3.66. The maximum absolute atomic E-state index is 12.3. The van der Waals surface area contributed by atoms with Crippen LogP contribution in [-0.4, -0.2) is 20.6 Å². The average Bonchev–Trinajstić information content (AvgIpc) is 3.01. The van der Waals surface area contributed by atoms with Gasteiger partial charge in [-0.15, -0.1) is 0 Å². The van der Waals surface area contributed by atoms with E-state index in [0.717, 1.165) is 11.1 Å². The summed E-state index contributed by atoms with van der Waals surface area (Å²) in [6, 6.07) is 13.9. The van der Waals surface area contributed by atoms with Crippen molar-refractivity contribution in [3.05, 3.63) is 87.7 Å². The lowest BCUT2D eigenvalue weighted by molar-refractivity contribution is -0.385. The van der Waals surface area contributed by atoms with Crippen molar-refractivity contribution in [1.82, 2.24) is 9.78 Å². The van der Waals surface area contributed by atoms with Crippen LogP contribution in [-0.2, 0) is 6.54 Å². The minimum absolute atomic E-state index is 0.0129. The zero-order valence-corrected chi connectivity index (χ0v) is 13.5. The van der Waals surface area contributed by atoms with Crippen LogP contribution in [0.2, 0.25) is 0 Å². The molecule has 0 radical (unpaired) electrons. The molecule has 0 bridgehead atoms. The van der Waals surface area contributed by atoms with E-state index >= 15 is 0 Å². The van der Waals surface area contributed by atoms with Crippen LogP contribution in [0.25, 0.3) is 0 Å². The summed E-state index contributed by atoms with van der Waals surface area (Å²) in [7, 11) is 0. The Bertz CT molecular complexity index is 933. The Hall–Kier alpha value is -3.48. The first-order valence-corrected chi connectivity index (χ1v) is 7.66. The normalized spacial score (nSPS) is 10.4. The van der Waals surface area contributed by atoms with Crippen molar-refractivity contribution >= 4 is 17.3 Å². The van der Waals surface area contributed by atoms with Crippen molar-refractivity contribution in [2.24, 2.45) is 0 Å². The van der Waals surface area contributed by atoms with Crippen LogP contribution in [0, 0.1) is 17.0 Å². The monoisotopic (exact) mass is 336 g/mol. The highest BCUT2D eigenvalue weighted by atomic mass is 16.6. The average molecular weight is 336 g/mol. The third-order valence-corrected chi connectivity index (χ3v) is 3.66. The maximum Gasteiger partial charge on any atom is 0.282 e. The Morgan fingerprint density at radius 1 is 1.24 bits per heavy atom. The summed E-state index contributed by atoms with van der Waals surface area (Å²) in [4.78, 5) is 22.7. The SMILES string of the molecule is Cc1cccc(Cn2cc(NC(=O)c3ccccc3[N+](=O)[O-])cn2)c1. The second-order valence-corrected chi connectivity index (χ2v) is 5.64. The van der Waals surface area contributed by atoms with Crippen molar-refractivity contribution in [2.75, 3.05) is 5.32 Å². The smallest absolute Gasteiger partial charge is 0.282 e. The first-order chi connectivity index (χ1) is 12.0. The molecule has 0 unspecified atom stereocenters. The van der Waals surface area contributed by atoms with Gasteiger partial charge < -0.3 is 5.32 Å². The molecule has 7 heteroatoms. The lowest BCUT2D eigenvalue weighted by Crippen LogP contribution is -2.13. The molecule has 0 atom stereocenters. The Labute approximate surface area is 144 Å². The first kappa shape index (κ1) is 16.4. The van der Waals surface area contributed by atoms with Crippen molar-refractivity contribution in [3.63, 3.8) is 0 Å². The summed E-state index contributed by atoms with van der Waals surface area (Å²) in [6.07, 6.45) is 3.21. The number of carbonyl (C=O) groups is 1. The van der Waals surface area contributed by atoms with E-state index in [1.54, 1.807) is 16.9 Å². The van der Waals surface area contributed by atoms with Crippen molar-refractivity contribution in [2.45, 2.75) is 13.5 Å². The summed E-state index contributed by atoms with van der Waals surface area (Å²) in [5, 5.41) is 17.9. The van der Waals surface area contributed by atoms with Gasteiger partial charge in [0.2, 0.25) is 0 Å². The molecule has 0 spiro atoms. The van der Waals surface area contributed by atoms with Gasteiger partial charge in [0.25, 0.3) is 11.6 Å². The highest BCUT2D eigenvalue weighted by Crippen LogP contribution is 2.19. The summed E-state index contributed by atoms with van der Waals surface area (Å²) < 4.78 is 1.70. The zero-order valence-electron chi connectivity index (χ0n) is 13.5. The van der Waals surface area contributed by atoms with Gasteiger partial charge in [0.1, 0.15) is 5.56 Å². The van der Waals surface area contributed by atoms with E-state index in [1.807, 2.05) is 25.1 Å². The Morgan fingerprint density at radius 3 is 2.80 bits per heavy atom. The summed E-state index contributed by atoms with van der Waals surface area (Å²) >= 11 is 0. The van der Waals surface area contributed by atoms with E-state index in [0.29, 0.717) is 12.2 Å². The quantitative estimate of drug-likeness (QED) is 0.571. The van der Waals surface area contributed by atoms with E-state index in [4.69, 9.17) is 0 Å². The Balaban J connectivity index is 1.73. The number of hydrogen-bond donors (Lipinski definition) is 1. The molecule has 1 N–H and O–H groups in total. The highest BCUT2D eigenvalue weighted by molar-refractivity contribution is 6.06. The molecule has 1 amide bonds. The number of anilines is 1. The fourth-order valence-electron chi connectivity index (χ4n) is 2.54. The number of nitrogens with zero attached hydrogens (tertiary/aromatic N) is 3. The molecule has 7 nitrogen and oxygen atoms in total. The molecular formula is C18H16N4O3. The van der Waals surface area contributed by atoms with Crippen molar-refractivity contribution in [3.8, 4) is 0 Å². The van der Waals surface area contributed by atoms with Crippen LogP contribution in [0.5, 0.6) is 0 Å². The number of nitro groups is 1. The fourth-order valence-corrected chi connectivity index (χ4v) is 2.54. The molecule has 3 aromatic rings. The van der Waals surface area contributed by atoms with E-state index in [9.17, 15) is 14.9 Å². The van der Waals surface area contributed by atoms with E-state index in [1.165, 1.54) is 24.4 Å².